The van der Waals surface area contributed by atoms with Crippen molar-refractivity contribution in [2.45, 2.75) is 11.6 Å². The summed E-state index contributed by atoms with van der Waals surface area (Å²) in [7, 11) is -1.84. The van der Waals surface area contributed by atoms with E-state index >= 15 is 0 Å². The van der Waals surface area contributed by atoms with Crippen LogP contribution in [0.5, 0.6) is 0 Å². The van der Waals surface area contributed by atoms with E-state index in [0.29, 0.717) is 13.1 Å². The Morgan fingerprint density at radius 1 is 1.50 bits per heavy atom. The Balaban J connectivity index is 1.87. The molecule has 2 heterocycles. The zero-order chi connectivity index (χ0) is 13.3. The molecule has 2 amide bonds. The minimum Gasteiger partial charge on any atom is -0.341 e. The van der Waals surface area contributed by atoms with Gasteiger partial charge in [-0.25, -0.2) is 4.79 Å². The van der Waals surface area contributed by atoms with Crippen molar-refractivity contribution in [3.63, 3.8) is 0 Å². The van der Waals surface area contributed by atoms with E-state index in [1.807, 2.05) is 10.3 Å². The van der Waals surface area contributed by atoms with Crippen LogP contribution in [0.4, 0.5) is 4.79 Å². The maximum Gasteiger partial charge on any atom is 0.323 e. The van der Waals surface area contributed by atoms with Gasteiger partial charge in [0.1, 0.15) is 11.6 Å². The topological polar surface area (TPSA) is 79.0 Å². The molecule has 18 heavy (non-hydrogen) atoms. The van der Waals surface area contributed by atoms with Crippen molar-refractivity contribution < 1.29 is 17.4 Å². The summed E-state index contributed by atoms with van der Waals surface area (Å²) in [6, 6.07) is -0.186. The predicted octanol–water partition coefficient (Wildman–Crippen LogP) is -0.210. The maximum absolute atomic E-state index is 11.6. The number of nitrogens with zero attached hydrogens (tertiary/aromatic N) is 2. The lowest BCUT2D eigenvalue weighted by molar-refractivity contribution is -0.00601. The SMILES string of the molecule is CNC(=O)N1C=CSC1N1CC(OS(C)(=O)=O)C1. The highest BCUT2D eigenvalue weighted by Gasteiger charge is 2.40. The number of carbonyl (C=O) groups is 1. The molecule has 1 atom stereocenters. The van der Waals surface area contributed by atoms with E-state index in [1.54, 1.807) is 18.1 Å². The second kappa shape index (κ2) is 5.08. The van der Waals surface area contributed by atoms with Gasteiger partial charge in [0, 0.05) is 26.3 Å². The van der Waals surface area contributed by atoms with Crippen molar-refractivity contribution in [3.05, 3.63) is 11.6 Å². The quantitative estimate of drug-likeness (QED) is 0.725. The highest BCUT2D eigenvalue weighted by atomic mass is 32.2. The second-order valence-electron chi connectivity index (χ2n) is 4.09. The molecule has 1 unspecified atom stereocenters. The fourth-order valence-corrected chi connectivity index (χ4v) is 3.43. The van der Waals surface area contributed by atoms with Crippen LogP contribution in [0.25, 0.3) is 0 Å². The monoisotopic (exact) mass is 293 g/mol. The third kappa shape index (κ3) is 2.97. The van der Waals surface area contributed by atoms with Crippen molar-refractivity contribution in [1.82, 2.24) is 15.1 Å². The largest absolute Gasteiger partial charge is 0.341 e. The van der Waals surface area contributed by atoms with Gasteiger partial charge in [0.15, 0.2) is 0 Å². The third-order valence-electron chi connectivity index (χ3n) is 2.61. The van der Waals surface area contributed by atoms with Crippen molar-refractivity contribution in [2.75, 3.05) is 26.4 Å². The standard InChI is InChI=1S/C9H15N3O4S2/c1-10-8(13)12-3-4-17-9(12)11-5-7(6-11)16-18(2,14)15/h3-4,7,9H,5-6H2,1-2H3,(H,10,13). The Hall–Kier alpha value is -0.770. The van der Waals surface area contributed by atoms with Gasteiger partial charge in [-0.05, 0) is 5.41 Å². The lowest BCUT2D eigenvalue weighted by Crippen LogP contribution is -2.60. The average molecular weight is 293 g/mol. The van der Waals surface area contributed by atoms with Crippen LogP contribution in [0.2, 0.25) is 0 Å². The van der Waals surface area contributed by atoms with Crippen LogP contribution in [0, 0.1) is 0 Å². The summed E-state index contributed by atoms with van der Waals surface area (Å²) in [5.74, 6) is 0. The van der Waals surface area contributed by atoms with Gasteiger partial charge < -0.3 is 5.32 Å². The van der Waals surface area contributed by atoms with Crippen LogP contribution in [0.1, 0.15) is 0 Å². The Morgan fingerprint density at radius 2 is 2.17 bits per heavy atom. The van der Waals surface area contributed by atoms with Crippen LogP contribution in [0.3, 0.4) is 0 Å². The molecular weight excluding hydrogens is 278 g/mol. The molecule has 0 radical (unpaired) electrons. The number of likely N-dealkylation sites (tertiary alicyclic amines) is 1. The first-order valence-corrected chi connectivity index (χ1v) is 8.11. The molecule has 102 valence electrons. The molecule has 1 saturated heterocycles. The minimum absolute atomic E-state index is 0.121. The number of hydrogen-bond donors (Lipinski definition) is 1. The van der Waals surface area contributed by atoms with Gasteiger partial charge >= 0.3 is 6.03 Å². The maximum atomic E-state index is 11.6. The fraction of sp³-hybridized carbons (Fsp3) is 0.667. The summed E-state index contributed by atoms with van der Waals surface area (Å²) in [5.41, 5.74) is -0.121. The average Bonchev–Trinajstić information content (AvgIpc) is 2.68. The molecule has 1 N–H and O–H groups in total. The van der Waals surface area contributed by atoms with Crippen LogP contribution in [0.15, 0.2) is 11.6 Å². The molecule has 0 aromatic carbocycles. The number of thioether (sulfide) groups is 1. The normalized spacial score (nSPS) is 25.2. The summed E-state index contributed by atoms with van der Waals surface area (Å²) in [6.45, 7) is 1.000. The number of hydrogen-bond acceptors (Lipinski definition) is 6. The van der Waals surface area contributed by atoms with Crippen LogP contribution < -0.4 is 5.32 Å². The van der Waals surface area contributed by atoms with Gasteiger partial charge in [-0.15, -0.1) is 0 Å². The summed E-state index contributed by atoms with van der Waals surface area (Å²) in [5, 5.41) is 4.40. The van der Waals surface area contributed by atoms with Gasteiger partial charge in [0.25, 0.3) is 10.1 Å². The Morgan fingerprint density at radius 3 is 2.72 bits per heavy atom. The number of amides is 2. The summed E-state index contributed by atoms with van der Waals surface area (Å²) < 4.78 is 26.8. The number of urea groups is 1. The van der Waals surface area contributed by atoms with E-state index in [-0.39, 0.29) is 17.6 Å². The third-order valence-corrected chi connectivity index (χ3v) is 4.28. The number of carbonyl (C=O) groups excluding carboxylic acids is 1. The van der Waals surface area contributed by atoms with Gasteiger partial charge in [-0.2, -0.15) is 8.42 Å². The van der Waals surface area contributed by atoms with E-state index in [2.05, 4.69) is 5.32 Å². The van der Waals surface area contributed by atoms with E-state index in [0.717, 1.165) is 6.26 Å². The predicted molar refractivity (Wildman–Crippen MR) is 68.1 cm³/mol. The molecule has 0 aromatic rings. The first-order chi connectivity index (χ1) is 8.40. The lowest BCUT2D eigenvalue weighted by Gasteiger charge is -2.43. The zero-order valence-electron chi connectivity index (χ0n) is 10.1. The van der Waals surface area contributed by atoms with Crippen LogP contribution in [-0.4, -0.2) is 62.2 Å². The Kier molecular flexibility index (Phi) is 3.85. The number of rotatable bonds is 3. The summed E-state index contributed by atoms with van der Waals surface area (Å²) >= 11 is 1.50. The van der Waals surface area contributed by atoms with Crippen LogP contribution in [-0.2, 0) is 14.3 Å². The smallest absolute Gasteiger partial charge is 0.323 e. The number of nitrogens with one attached hydrogen (secondary N) is 1. The highest BCUT2D eigenvalue weighted by Crippen LogP contribution is 2.32. The molecule has 2 aliphatic heterocycles. The van der Waals surface area contributed by atoms with Gasteiger partial charge in [-0.3, -0.25) is 14.0 Å². The second-order valence-corrected chi connectivity index (χ2v) is 6.65. The van der Waals surface area contributed by atoms with Gasteiger partial charge in [-0.1, -0.05) is 11.8 Å². The Bertz CT molecular complexity index is 458. The highest BCUT2D eigenvalue weighted by molar-refractivity contribution is 8.02. The zero-order valence-corrected chi connectivity index (χ0v) is 11.7. The Labute approximate surface area is 110 Å². The van der Waals surface area contributed by atoms with E-state index in [9.17, 15) is 13.2 Å². The first-order valence-electron chi connectivity index (χ1n) is 5.35. The molecule has 0 saturated carbocycles. The molecule has 7 nitrogen and oxygen atoms in total. The van der Waals surface area contributed by atoms with Crippen molar-refractivity contribution in [1.29, 1.82) is 0 Å². The van der Waals surface area contributed by atoms with Crippen molar-refractivity contribution >= 4 is 27.9 Å². The molecule has 9 heteroatoms. The van der Waals surface area contributed by atoms with Crippen LogP contribution >= 0.6 is 11.8 Å². The molecule has 0 bridgehead atoms. The molecule has 0 spiro atoms. The van der Waals surface area contributed by atoms with Gasteiger partial charge in [0.2, 0.25) is 0 Å². The molecule has 0 aliphatic carbocycles. The van der Waals surface area contributed by atoms with E-state index in [4.69, 9.17) is 4.18 Å². The molecular formula is C9H15N3O4S2. The lowest BCUT2D eigenvalue weighted by atomic mass is 10.2. The molecule has 2 aliphatic rings. The van der Waals surface area contributed by atoms with E-state index in [1.165, 1.54) is 11.8 Å². The first kappa shape index (κ1) is 13.7. The summed E-state index contributed by atoms with van der Waals surface area (Å²) in [6.07, 6.45) is 2.44. The molecule has 1 fully saturated rings. The van der Waals surface area contributed by atoms with Gasteiger partial charge in [0.05, 0.1) is 6.26 Å². The van der Waals surface area contributed by atoms with E-state index < -0.39 is 10.1 Å². The van der Waals surface area contributed by atoms with Crippen molar-refractivity contribution in [2.24, 2.45) is 0 Å². The molecule has 0 aromatic heterocycles. The fourth-order valence-electron chi connectivity index (χ4n) is 1.83. The molecule has 2 rings (SSSR count). The summed E-state index contributed by atoms with van der Waals surface area (Å²) in [4.78, 5) is 15.1. The van der Waals surface area contributed by atoms with Crippen molar-refractivity contribution in [3.8, 4) is 0 Å². The minimum atomic E-state index is -3.41.